The summed E-state index contributed by atoms with van der Waals surface area (Å²) in [6, 6.07) is 0. The van der Waals surface area contributed by atoms with Crippen LogP contribution < -0.4 is 0 Å². The first-order chi connectivity index (χ1) is 7.27. The summed E-state index contributed by atoms with van der Waals surface area (Å²) in [5, 5.41) is 0. The Balaban J connectivity index is 2.26. The average Bonchev–Trinajstić information content (AvgIpc) is 2.23. The van der Waals surface area contributed by atoms with Crippen molar-refractivity contribution < 1.29 is 4.74 Å². The Morgan fingerprint density at radius 1 is 1.20 bits per heavy atom. The highest BCUT2D eigenvalue weighted by Gasteiger charge is 2.27. The van der Waals surface area contributed by atoms with Crippen LogP contribution in [0, 0.1) is 11.8 Å². The molecule has 0 bridgehead atoms. The summed E-state index contributed by atoms with van der Waals surface area (Å²) in [6.07, 6.45) is 8.21. The zero-order chi connectivity index (χ0) is 11.1. The first kappa shape index (κ1) is 13.5. The Labute approximate surface area is 103 Å². The molecule has 0 radical (unpaired) electrons. The monoisotopic (exact) mass is 276 g/mol. The van der Waals surface area contributed by atoms with E-state index in [1.165, 1.54) is 38.5 Å². The average molecular weight is 277 g/mol. The van der Waals surface area contributed by atoms with Crippen molar-refractivity contribution in [2.45, 2.75) is 57.2 Å². The molecule has 0 aromatic carbocycles. The largest absolute Gasteiger partial charge is 0.382 e. The van der Waals surface area contributed by atoms with E-state index in [1.54, 1.807) is 0 Å². The van der Waals surface area contributed by atoms with Crippen molar-refractivity contribution >= 4 is 15.9 Å². The molecule has 15 heavy (non-hydrogen) atoms. The number of ether oxygens (including phenoxy) is 1. The summed E-state index contributed by atoms with van der Waals surface area (Å²) in [5.41, 5.74) is 0. The smallest absolute Gasteiger partial charge is 0.0468 e. The Kier molecular flexibility index (Phi) is 6.91. The Morgan fingerprint density at radius 3 is 2.67 bits per heavy atom. The minimum atomic E-state index is 0.742. The number of halogens is 1. The first-order valence-electron chi connectivity index (χ1n) is 6.49. The van der Waals surface area contributed by atoms with Crippen LogP contribution in [0.4, 0.5) is 0 Å². The zero-order valence-corrected chi connectivity index (χ0v) is 11.8. The second kappa shape index (κ2) is 7.67. The molecule has 1 nitrogen and oxygen atoms in total. The maximum atomic E-state index is 5.46. The molecule has 2 heteroatoms. The van der Waals surface area contributed by atoms with E-state index >= 15 is 0 Å². The van der Waals surface area contributed by atoms with Gasteiger partial charge in [-0.1, -0.05) is 35.7 Å². The lowest BCUT2D eigenvalue weighted by molar-refractivity contribution is 0.119. The van der Waals surface area contributed by atoms with Crippen molar-refractivity contribution in [3.05, 3.63) is 0 Å². The van der Waals surface area contributed by atoms with Crippen LogP contribution in [0.25, 0.3) is 0 Å². The van der Waals surface area contributed by atoms with E-state index in [0.29, 0.717) is 0 Å². The lowest BCUT2D eigenvalue weighted by Gasteiger charge is -2.33. The maximum Gasteiger partial charge on any atom is 0.0468 e. The third-order valence-electron chi connectivity index (χ3n) is 3.53. The number of rotatable bonds is 6. The fraction of sp³-hybridized carbons (Fsp3) is 1.00. The minimum Gasteiger partial charge on any atom is -0.382 e. The highest BCUT2D eigenvalue weighted by molar-refractivity contribution is 9.09. The van der Waals surface area contributed by atoms with Crippen LogP contribution in [0.15, 0.2) is 0 Å². The van der Waals surface area contributed by atoms with E-state index < -0.39 is 0 Å². The van der Waals surface area contributed by atoms with Crippen molar-refractivity contribution in [2.24, 2.45) is 11.8 Å². The normalized spacial score (nSPS) is 31.8. The number of hydrogen-bond acceptors (Lipinski definition) is 1. The molecule has 0 heterocycles. The van der Waals surface area contributed by atoms with Crippen LogP contribution >= 0.6 is 15.9 Å². The van der Waals surface area contributed by atoms with Gasteiger partial charge in [-0.2, -0.15) is 0 Å². The van der Waals surface area contributed by atoms with Crippen molar-refractivity contribution in [2.75, 3.05) is 13.2 Å². The summed E-state index contributed by atoms with van der Waals surface area (Å²) in [5.74, 6) is 1.83. The second-order valence-electron chi connectivity index (χ2n) is 4.73. The zero-order valence-electron chi connectivity index (χ0n) is 10.2. The molecule has 0 aromatic rings. The van der Waals surface area contributed by atoms with Gasteiger partial charge in [0.25, 0.3) is 0 Å². The van der Waals surface area contributed by atoms with E-state index in [4.69, 9.17) is 4.74 Å². The van der Waals surface area contributed by atoms with Crippen LogP contribution in [-0.2, 0) is 4.74 Å². The van der Waals surface area contributed by atoms with Gasteiger partial charge >= 0.3 is 0 Å². The summed E-state index contributed by atoms with van der Waals surface area (Å²) in [6.45, 7) is 6.18. The highest BCUT2D eigenvalue weighted by Crippen LogP contribution is 2.37. The third kappa shape index (κ3) is 4.86. The van der Waals surface area contributed by atoms with Gasteiger partial charge in [-0.25, -0.2) is 0 Å². The molecule has 0 aromatic heterocycles. The number of alkyl halides is 1. The van der Waals surface area contributed by atoms with E-state index in [2.05, 4.69) is 29.8 Å². The molecule has 3 unspecified atom stereocenters. The first-order valence-corrected chi connectivity index (χ1v) is 7.41. The predicted octanol–water partition coefficient (Wildman–Crippen LogP) is 4.39. The Bertz CT molecular complexity index is 161. The van der Waals surface area contributed by atoms with Gasteiger partial charge in [0.15, 0.2) is 0 Å². The van der Waals surface area contributed by atoms with Gasteiger partial charge in [-0.05, 0) is 44.4 Å². The second-order valence-corrected chi connectivity index (χ2v) is 5.91. The standard InChI is InChI=1S/C13H25BrO/c1-3-5-11-6-7-13(14)12(10-11)8-9-15-4-2/h11-13H,3-10H2,1-2H3. The van der Waals surface area contributed by atoms with Crippen molar-refractivity contribution in [1.82, 2.24) is 0 Å². The van der Waals surface area contributed by atoms with Gasteiger partial charge < -0.3 is 4.74 Å². The molecule has 0 aliphatic heterocycles. The van der Waals surface area contributed by atoms with Gasteiger partial charge in [0.05, 0.1) is 0 Å². The Hall–Kier alpha value is 0.440. The molecule has 3 atom stereocenters. The lowest BCUT2D eigenvalue weighted by Crippen LogP contribution is -2.26. The predicted molar refractivity (Wildman–Crippen MR) is 69.6 cm³/mol. The van der Waals surface area contributed by atoms with Crippen LogP contribution in [0.1, 0.15) is 52.4 Å². The van der Waals surface area contributed by atoms with E-state index in [-0.39, 0.29) is 0 Å². The van der Waals surface area contributed by atoms with Crippen LogP contribution in [0.2, 0.25) is 0 Å². The van der Waals surface area contributed by atoms with Gasteiger partial charge in [-0.3, -0.25) is 0 Å². The molecule has 1 aliphatic carbocycles. The topological polar surface area (TPSA) is 9.23 Å². The summed E-state index contributed by atoms with van der Waals surface area (Å²) in [4.78, 5) is 0.742. The molecule has 1 aliphatic rings. The van der Waals surface area contributed by atoms with Gasteiger partial charge in [0, 0.05) is 18.0 Å². The minimum absolute atomic E-state index is 0.742. The van der Waals surface area contributed by atoms with Crippen LogP contribution in [-0.4, -0.2) is 18.0 Å². The van der Waals surface area contributed by atoms with E-state index in [9.17, 15) is 0 Å². The molecular weight excluding hydrogens is 252 g/mol. The maximum absolute atomic E-state index is 5.46. The molecule has 1 fully saturated rings. The molecule has 0 N–H and O–H groups in total. The van der Waals surface area contributed by atoms with Crippen molar-refractivity contribution in [1.29, 1.82) is 0 Å². The third-order valence-corrected chi connectivity index (χ3v) is 4.74. The molecule has 90 valence electrons. The molecule has 0 amide bonds. The lowest BCUT2D eigenvalue weighted by atomic mass is 9.78. The summed E-state index contributed by atoms with van der Waals surface area (Å²) < 4.78 is 5.46. The van der Waals surface area contributed by atoms with Gasteiger partial charge in [-0.15, -0.1) is 0 Å². The SMILES string of the molecule is CCCC1CCC(Br)C(CCOCC)C1. The van der Waals surface area contributed by atoms with Gasteiger partial charge in [0.1, 0.15) is 0 Å². The molecule has 1 rings (SSSR count). The van der Waals surface area contributed by atoms with Crippen molar-refractivity contribution in [3.8, 4) is 0 Å². The Morgan fingerprint density at radius 2 is 2.00 bits per heavy atom. The molecule has 0 saturated heterocycles. The molecular formula is C13H25BrO. The summed E-state index contributed by atoms with van der Waals surface area (Å²) in [7, 11) is 0. The van der Waals surface area contributed by atoms with Crippen molar-refractivity contribution in [3.63, 3.8) is 0 Å². The summed E-state index contributed by atoms with van der Waals surface area (Å²) >= 11 is 3.83. The van der Waals surface area contributed by atoms with Gasteiger partial charge in [0.2, 0.25) is 0 Å². The van der Waals surface area contributed by atoms with E-state index in [0.717, 1.165) is 29.9 Å². The molecule has 0 spiro atoms. The number of hydrogen-bond donors (Lipinski definition) is 0. The fourth-order valence-electron chi connectivity index (χ4n) is 2.67. The van der Waals surface area contributed by atoms with E-state index in [1.807, 2.05) is 0 Å². The molecule has 1 saturated carbocycles. The highest BCUT2D eigenvalue weighted by atomic mass is 79.9. The van der Waals surface area contributed by atoms with Crippen LogP contribution in [0.5, 0.6) is 0 Å². The fourth-order valence-corrected chi connectivity index (χ4v) is 3.42. The quantitative estimate of drug-likeness (QED) is 0.516. The van der Waals surface area contributed by atoms with Crippen LogP contribution in [0.3, 0.4) is 0 Å².